The number of carboxylic acids is 1. The minimum absolute atomic E-state index is 0.316. The number of halogens is 3. The van der Waals surface area contributed by atoms with Crippen LogP contribution in [0.3, 0.4) is 0 Å². The number of pyridine rings is 1. The third-order valence-corrected chi connectivity index (χ3v) is 2.16. The van der Waals surface area contributed by atoms with E-state index in [0.29, 0.717) is 0 Å². The van der Waals surface area contributed by atoms with Gasteiger partial charge in [0.2, 0.25) is 0 Å². The van der Waals surface area contributed by atoms with Gasteiger partial charge in [0.25, 0.3) is 6.43 Å². The summed E-state index contributed by atoms with van der Waals surface area (Å²) in [4.78, 5) is 14.0. The Morgan fingerprint density at radius 3 is 2.75 bits per heavy atom. The molecule has 84 valence electrons. The second kappa shape index (κ2) is 4.86. The van der Waals surface area contributed by atoms with Crippen molar-refractivity contribution < 1.29 is 18.7 Å². The molecule has 7 heteroatoms. The van der Waals surface area contributed by atoms with Crippen molar-refractivity contribution in [3.05, 3.63) is 28.0 Å². The van der Waals surface area contributed by atoms with Gasteiger partial charge in [0, 0.05) is 17.3 Å². The van der Waals surface area contributed by atoms with Crippen LogP contribution >= 0.6 is 11.6 Å². The Bertz CT molecular complexity index is 471. The van der Waals surface area contributed by atoms with Crippen molar-refractivity contribution >= 4 is 17.6 Å². The molecule has 0 amide bonds. The predicted molar refractivity (Wildman–Crippen MR) is 50.3 cm³/mol. The van der Waals surface area contributed by atoms with E-state index in [1.807, 2.05) is 0 Å². The molecule has 0 fully saturated rings. The molecule has 1 heterocycles. The van der Waals surface area contributed by atoms with Gasteiger partial charge in [-0.05, 0) is 0 Å². The lowest BCUT2D eigenvalue weighted by Crippen LogP contribution is -2.08. The van der Waals surface area contributed by atoms with E-state index in [1.54, 1.807) is 0 Å². The molecule has 1 N–H and O–H groups in total. The summed E-state index contributed by atoms with van der Waals surface area (Å²) in [6.45, 7) is 0. The zero-order valence-electron chi connectivity index (χ0n) is 7.75. The third-order valence-electron chi connectivity index (χ3n) is 1.84. The van der Waals surface area contributed by atoms with Crippen molar-refractivity contribution in [1.29, 1.82) is 5.26 Å². The maximum Gasteiger partial charge on any atom is 0.307 e. The molecule has 0 aliphatic heterocycles. The number of aliphatic carboxylic acids is 1. The van der Waals surface area contributed by atoms with Crippen molar-refractivity contribution in [2.45, 2.75) is 12.8 Å². The summed E-state index contributed by atoms with van der Waals surface area (Å²) in [5.41, 5.74) is -1.34. The highest BCUT2D eigenvalue weighted by atomic mass is 35.5. The summed E-state index contributed by atoms with van der Waals surface area (Å²) >= 11 is 5.53. The maximum atomic E-state index is 12.7. The van der Waals surface area contributed by atoms with Gasteiger partial charge in [0.15, 0.2) is 0 Å². The Balaban J connectivity index is 3.43. The van der Waals surface area contributed by atoms with E-state index in [2.05, 4.69) is 4.98 Å². The van der Waals surface area contributed by atoms with Gasteiger partial charge >= 0.3 is 5.97 Å². The lowest BCUT2D eigenvalue weighted by molar-refractivity contribution is -0.136. The highest BCUT2D eigenvalue weighted by Crippen LogP contribution is 2.30. The first kappa shape index (κ1) is 12.3. The standard InChI is InChI=1S/C9H5ClF2N2O2/c10-8-5(1-6(15)16)7(9(11)12)4(2-13)3-14-8/h3,9H,1H2,(H,15,16). The molecule has 0 saturated heterocycles. The summed E-state index contributed by atoms with van der Waals surface area (Å²) < 4.78 is 25.3. The van der Waals surface area contributed by atoms with Crippen LogP contribution < -0.4 is 0 Å². The van der Waals surface area contributed by atoms with Crippen LogP contribution in [0.2, 0.25) is 5.15 Å². The molecule has 0 atom stereocenters. The van der Waals surface area contributed by atoms with E-state index in [1.165, 1.54) is 6.07 Å². The summed E-state index contributed by atoms with van der Waals surface area (Å²) in [5, 5.41) is 16.8. The molecule has 0 unspecified atom stereocenters. The molecular weight excluding hydrogens is 242 g/mol. The molecule has 16 heavy (non-hydrogen) atoms. The average molecular weight is 247 g/mol. The van der Waals surface area contributed by atoms with Gasteiger partial charge in [0.1, 0.15) is 11.2 Å². The molecule has 0 aromatic carbocycles. The van der Waals surface area contributed by atoms with Crippen LogP contribution in [0.4, 0.5) is 8.78 Å². The zero-order valence-corrected chi connectivity index (χ0v) is 8.50. The number of nitrogens with zero attached hydrogens (tertiary/aromatic N) is 2. The summed E-state index contributed by atoms with van der Waals surface area (Å²) in [6.07, 6.45) is -2.76. The molecule has 0 saturated carbocycles. The minimum Gasteiger partial charge on any atom is -0.481 e. The number of rotatable bonds is 3. The molecule has 1 rings (SSSR count). The molecular formula is C9H5ClF2N2O2. The number of aromatic nitrogens is 1. The SMILES string of the molecule is N#Cc1cnc(Cl)c(CC(=O)O)c1C(F)F. The predicted octanol–water partition coefficient (Wildman–Crippen LogP) is 2.17. The Hall–Kier alpha value is -1.74. The Labute approximate surface area is 94.1 Å². The lowest BCUT2D eigenvalue weighted by atomic mass is 10.0. The van der Waals surface area contributed by atoms with Crippen LogP contribution in [-0.4, -0.2) is 16.1 Å². The van der Waals surface area contributed by atoms with Crippen molar-refractivity contribution in [2.24, 2.45) is 0 Å². The zero-order chi connectivity index (χ0) is 12.3. The smallest absolute Gasteiger partial charge is 0.307 e. The molecule has 1 aromatic heterocycles. The maximum absolute atomic E-state index is 12.7. The first-order chi connectivity index (χ1) is 7.47. The van der Waals surface area contributed by atoms with E-state index < -0.39 is 24.4 Å². The van der Waals surface area contributed by atoms with E-state index in [9.17, 15) is 13.6 Å². The highest BCUT2D eigenvalue weighted by Gasteiger charge is 2.22. The van der Waals surface area contributed by atoms with Crippen LogP contribution in [0.15, 0.2) is 6.20 Å². The molecule has 0 aliphatic rings. The first-order valence-electron chi connectivity index (χ1n) is 4.04. The molecule has 0 spiro atoms. The third kappa shape index (κ3) is 2.44. The Morgan fingerprint density at radius 2 is 2.31 bits per heavy atom. The molecule has 0 radical (unpaired) electrons. The van der Waals surface area contributed by atoms with Crippen LogP contribution in [0, 0.1) is 11.3 Å². The van der Waals surface area contributed by atoms with Crippen LogP contribution in [0.5, 0.6) is 0 Å². The van der Waals surface area contributed by atoms with Gasteiger partial charge in [-0.1, -0.05) is 11.6 Å². The second-order valence-electron chi connectivity index (χ2n) is 2.84. The van der Waals surface area contributed by atoms with Crippen LogP contribution in [-0.2, 0) is 11.2 Å². The number of carbonyl (C=O) groups is 1. The highest BCUT2D eigenvalue weighted by molar-refractivity contribution is 6.30. The van der Waals surface area contributed by atoms with Gasteiger partial charge < -0.3 is 5.11 Å². The fraction of sp³-hybridized carbons (Fsp3) is 0.222. The summed E-state index contributed by atoms with van der Waals surface area (Å²) in [5.74, 6) is -1.32. The number of nitriles is 1. The van der Waals surface area contributed by atoms with E-state index in [4.69, 9.17) is 22.0 Å². The monoisotopic (exact) mass is 246 g/mol. The van der Waals surface area contributed by atoms with Crippen molar-refractivity contribution in [2.75, 3.05) is 0 Å². The Kier molecular flexibility index (Phi) is 3.74. The van der Waals surface area contributed by atoms with Crippen LogP contribution in [0.1, 0.15) is 23.1 Å². The number of hydrogen-bond acceptors (Lipinski definition) is 3. The molecule has 0 aliphatic carbocycles. The minimum atomic E-state index is -2.97. The van der Waals surface area contributed by atoms with E-state index in [-0.39, 0.29) is 16.3 Å². The normalized spacial score (nSPS) is 10.2. The number of hydrogen-bond donors (Lipinski definition) is 1. The van der Waals surface area contributed by atoms with E-state index >= 15 is 0 Å². The summed E-state index contributed by atoms with van der Waals surface area (Å²) in [6, 6.07) is 1.52. The Morgan fingerprint density at radius 1 is 1.69 bits per heavy atom. The molecule has 0 bridgehead atoms. The van der Waals surface area contributed by atoms with Gasteiger partial charge in [-0.2, -0.15) is 5.26 Å². The fourth-order valence-electron chi connectivity index (χ4n) is 1.20. The summed E-state index contributed by atoms with van der Waals surface area (Å²) in [7, 11) is 0. The fourth-order valence-corrected chi connectivity index (χ4v) is 1.42. The van der Waals surface area contributed by atoms with Gasteiger partial charge in [-0.25, -0.2) is 13.8 Å². The van der Waals surface area contributed by atoms with Crippen molar-refractivity contribution in [1.82, 2.24) is 4.98 Å². The average Bonchev–Trinajstić information content (AvgIpc) is 2.19. The first-order valence-corrected chi connectivity index (χ1v) is 4.42. The van der Waals surface area contributed by atoms with E-state index in [0.717, 1.165) is 6.20 Å². The number of carboxylic acid groups (broad SMARTS) is 1. The quantitative estimate of drug-likeness (QED) is 0.830. The molecule has 4 nitrogen and oxygen atoms in total. The largest absolute Gasteiger partial charge is 0.481 e. The van der Waals surface area contributed by atoms with Crippen molar-refractivity contribution in [3.63, 3.8) is 0 Å². The lowest BCUT2D eigenvalue weighted by Gasteiger charge is -2.09. The van der Waals surface area contributed by atoms with Crippen molar-refractivity contribution in [3.8, 4) is 6.07 Å². The topological polar surface area (TPSA) is 74.0 Å². The van der Waals surface area contributed by atoms with Gasteiger partial charge in [-0.15, -0.1) is 0 Å². The number of alkyl halides is 2. The molecule has 1 aromatic rings. The second-order valence-corrected chi connectivity index (χ2v) is 3.20. The van der Waals surface area contributed by atoms with Gasteiger partial charge in [-0.3, -0.25) is 4.79 Å². The van der Waals surface area contributed by atoms with Gasteiger partial charge in [0.05, 0.1) is 12.0 Å². The van der Waals surface area contributed by atoms with Crippen LogP contribution in [0.25, 0.3) is 0 Å².